The van der Waals surface area contributed by atoms with Gasteiger partial charge in [-0.25, -0.2) is 9.97 Å². The molecule has 3 aliphatic rings. The van der Waals surface area contributed by atoms with Crippen molar-refractivity contribution in [3.63, 3.8) is 0 Å². The van der Waals surface area contributed by atoms with Crippen LogP contribution in [0.15, 0.2) is 42.7 Å². The van der Waals surface area contributed by atoms with Gasteiger partial charge in [0.2, 0.25) is 5.75 Å². The lowest BCUT2D eigenvalue weighted by Gasteiger charge is -2.49. The lowest BCUT2D eigenvalue weighted by atomic mass is 9.74. The van der Waals surface area contributed by atoms with E-state index < -0.39 is 0 Å². The highest BCUT2D eigenvalue weighted by Crippen LogP contribution is 2.42. The van der Waals surface area contributed by atoms with Crippen molar-refractivity contribution in [1.29, 1.82) is 0 Å². The van der Waals surface area contributed by atoms with Gasteiger partial charge in [-0.2, -0.15) is 0 Å². The largest absolute Gasteiger partial charge is 0.493 e. The minimum Gasteiger partial charge on any atom is -0.493 e. The molecule has 0 radical (unpaired) electrons. The molecular weight excluding hydrogens is 518 g/mol. The van der Waals surface area contributed by atoms with Crippen LogP contribution in [0, 0.1) is 5.92 Å². The molecule has 4 atom stereocenters. The van der Waals surface area contributed by atoms with Crippen LogP contribution in [-0.4, -0.2) is 72.8 Å². The Morgan fingerprint density at radius 1 is 1.02 bits per heavy atom. The van der Waals surface area contributed by atoms with Gasteiger partial charge < -0.3 is 19.5 Å². The Labute approximate surface area is 242 Å². The van der Waals surface area contributed by atoms with Crippen molar-refractivity contribution in [3.05, 3.63) is 59.7 Å². The molecule has 1 N–H and O–H groups in total. The number of hydrogen-bond acceptors (Lipinski definition) is 8. The molecule has 3 saturated heterocycles. The third-order valence-corrected chi connectivity index (χ3v) is 8.79. The fourth-order valence-corrected chi connectivity index (χ4v) is 6.43. The number of piperidine rings is 3. The first-order chi connectivity index (χ1) is 20.0. The summed E-state index contributed by atoms with van der Waals surface area (Å²) in [6, 6.07) is 9.89. The van der Waals surface area contributed by atoms with Crippen molar-refractivity contribution in [3.8, 4) is 28.6 Å². The molecule has 0 aliphatic carbocycles. The number of nitrogens with zero attached hydrogens (tertiary/aromatic N) is 4. The Morgan fingerprint density at radius 2 is 1.73 bits per heavy atom. The van der Waals surface area contributed by atoms with Crippen LogP contribution >= 0.6 is 0 Å². The van der Waals surface area contributed by atoms with Gasteiger partial charge in [-0.1, -0.05) is 13.8 Å². The molecule has 218 valence electrons. The van der Waals surface area contributed by atoms with E-state index in [4.69, 9.17) is 24.2 Å². The molecule has 3 fully saturated rings. The maximum Gasteiger partial charge on any atom is 0.251 e. The van der Waals surface area contributed by atoms with Crippen molar-refractivity contribution in [2.24, 2.45) is 5.92 Å². The van der Waals surface area contributed by atoms with Gasteiger partial charge in [0.1, 0.15) is 0 Å². The van der Waals surface area contributed by atoms with Gasteiger partial charge in [0.15, 0.2) is 17.3 Å². The SMILES string of the molecule is CCC(CC)c1cc([C@H]2CN3CC[C@H]2C[C@@H]3CNC(=O)c2cc(OC)c(OC)c(OC)c2)nc(-c2ccncc2)n1. The number of carbonyl (C=O) groups excluding carboxylic acids is 1. The summed E-state index contributed by atoms with van der Waals surface area (Å²) in [5.41, 5.74) is 3.76. The normalized spacial score (nSPS) is 21.5. The number of hydrogen-bond donors (Lipinski definition) is 1. The molecule has 5 heterocycles. The first-order valence-corrected chi connectivity index (χ1v) is 14.6. The van der Waals surface area contributed by atoms with Gasteiger partial charge in [-0.15, -0.1) is 0 Å². The predicted octanol–water partition coefficient (Wildman–Crippen LogP) is 5.08. The molecule has 6 rings (SSSR count). The number of carbonyl (C=O) groups is 1. The molecule has 1 aromatic carbocycles. The molecule has 1 amide bonds. The van der Waals surface area contributed by atoms with Crippen molar-refractivity contribution < 1.29 is 19.0 Å². The van der Waals surface area contributed by atoms with E-state index in [0.717, 1.165) is 61.5 Å². The number of rotatable bonds is 11. The van der Waals surface area contributed by atoms with Crippen LogP contribution < -0.4 is 19.5 Å². The molecule has 1 unspecified atom stereocenters. The molecular formula is C32H41N5O4. The molecule has 0 saturated carbocycles. The Hall–Kier alpha value is -3.72. The van der Waals surface area contributed by atoms with Crippen LogP contribution in [0.3, 0.4) is 0 Å². The first-order valence-electron chi connectivity index (χ1n) is 14.6. The molecule has 2 bridgehead atoms. The second kappa shape index (κ2) is 12.9. The second-order valence-corrected chi connectivity index (χ2v) is 11.0. The highest BCUT2D eigenvalue weighted by atomic mass is 16.5. The fraction of sp³-hybridized carbons (Fsp3) is 0.500. The summed E-state index contributed by atoms with van der Waals surface area (Å²) in [5.74, 6) is 3.30. The third kappa shape index (κ3) is 6.00. The number of ether oxygens (including phenoxy) is 3. The molecule has 9 nitrogen and oxygen atoms in total. The minimum atomic E-state index is -0.156. The first kappa shape index (κ1) is 28.8. The summed E-state index contributed by atoms with van der Waals surface area (Å²) < 4.78 is 16.2. The van der Waals surface area contributed by atoms with Gasteiger partial charge in [-0.05, 0) is 68.5 Å². The van der Waals surface area contributed by atoms with Gasteiger partial charge in [0.05, 0.1) is 21.3 Å². The van der Waals surface area contributed by atoms with E-state index in [-0.39, 0.29) is 11.9 Å². The topological polar surface area (TPSA) is 98.7 Å². The summed E-state index contributed by atoms with van der Waals surface area (Å²) in [4.78, 5) is 30.0. The number of aromatic nitrogens is 3. The molecule has 2 aromatic heterocycles. The predicted molar refractivity (Wildman–Crippen MR) is 158 cm³/mol. The average Bonchev–Trinajstić information content (AvgIpc) is 3.03. The zero-order valence-electron chi connectivity index (χ0n) is 24.7. The van der Waals surface area contributed by atoms with Crippen LogP contribution in [0.2, 0.25) is 0 Å². The Kier molecular flexibility index (Phi) is 9.03. The number of nitrogens with one attached hydrogen (secondary N) is 1. The Balaban J connectivity index is 1.31. The summed E-state index contributed by atoms with van der Waals surface area (Å²) in [6.07, 6.45) is 7.86. The summed E-state index contributed by atoms with van der Waals surface area (Å²) in [5, 5.41) is 3.15. The van der Waals surface area contributed by atoms with Crippen molar-refractivity contribution in [2.45, 2.75) is 57.4 Å². The van der Waals surface area contributed by atoms with Crippen LogP contribution in [-0.2, 0) is 0 Å². The maximum absolute atomic E-state index is 13.1. The van der Waals surface area contributed by atoms with Crippen LogP contribution in [0.4, 0.5) is 0 Å². The summed E-state index contributed by atoms with van der Waals surface area (Å²) in [6.45, 7) is 7.02. The van der Waals surface area contributed by atoms with Gasteiger partial charge in [-0.3, -0.25) is 14.7 Å². The smallest absolute Gasteiger partial charge is 0.251 e. The van der Waals surface area contributed by atoms with E-state index in [1.54, 1.807) is 45.9 Å². The van der Waals surface area contributed by atoms with E-state index in [0.29, 0.717) is 47.1 Å². The van der Waals surface area contributed by atoms with E-state index in [1.807, 2.05) is 12.1 Å². The summed E-state index contributed by atoms with van der Waals surface area (Å²) in [7, 11) is 4.65. The zero-order valence-corrected chi connectivity index (χ0v) is 24.7. The maximum atomic E-state index is 13.1. The highest BCUT2D eigenvalue weighted by molar-refractivity contribution is 5.95. The number of pyridine rings is 1. The van der Waals surface area contributed by atoms with E-state index in [2.05, 4.69) is 35.1 Å². The number of methoxy groups -OCH3 is 3. The Morgan fingerprint density at radius 3 is 2.32 bits per heavy atom. The number of benzene rings is 1. The number of amides is 1. The minimum absolute atomic E-state index is 0.156. The molecule has 9 heteroatoms. The molecule has 3 aromatic rings. The van der Waals surface area contributed by atoms with E-state index >= 15 is 0 Å². The van der Waals surface area contributed by atoms with Crippen molar-refractivity contribution in [1.82, 2.24) is 25.2 Å². The average molecular weight is 560 g/mol. The van der Waals surface area contributed by atoms with Crippen LogP contribution in [0.1, 0.15) is 73.1 Å². The van der Waals surface area contributed by atoms with E-state index in [1.165, 1.54) is 0 Å². The fourth-order valence-electron chi connectivity index (χ4n) is 6.43. The monoisotopic (exact) mass is 559 g/mol. The van der Waals surface area contributed by atoms with Crippen molar-refractivity contribution in [2.75, 3.05) is 41.0 Å². The van der Waals surface area contributed by atoms with Gasteiger partial charge in [0, 0.05) is 65.9 Å². The summed E-state index contributed by atoms with van der Waals surface area (Å²) >= 11 is 0. The van der Waals surface area contributed by atoms with Crippen LogP contribution in [0.5, 0.6) is 17.2 Å². The Bertz CT molecular complexity index is 1320. The standard InChI is InChI=1S/C32H41N5O4/c1-6-20(7-2)26-17-27(36-31(35-26)21-8-11-33-12-9-21)25-19-37-13-10-22(25)14-24(37)18-34-32(38)23-15-28(39-3)30(41-5)29(16-23)40-4/h8-9,11-12,15-17,20,22,24-25H,6-7,10,13-14,18-19H2,1-5H3,(H,34,38)/t22-,24+,25-/m0/s1. The zero-order chi connectivity index (χ0) is 28.9. The quantitative estimate of drug-likeness (QED) is 0.348. The second-order valence-electron chi connectivity index (χ2n) is 11.0. The van der Waals surface area contributed by atoms with Gasteiger partial charge in [0.25, 0.3) is 5.91 Å². The highest BCUT2D eigenvalue weighted by Gasteiger charge is 2.41. The molecule has 41 heavy (non-hydrogen) atoms. The van der Waals surface area contributed by atoms with Crippen LogP contribution in [0.25, 0.3) is 11.4 Å². The lowest BCUT2D eigenvalue weighted by molar-refractivity contribution is 0.0290. The van der Waals surface area contributed by atoms with E-state index in [9.17, 15) is 4.79 Å². The molecule has 0 spiro atoms. The molecule has 3 aliphatic heterocycles. The third-order valence-electron chi connectivity index (χ3n) is 8.79. The van der Waals surface area contributed by atoms with Crippen molar-refractivity contribution >= 4 is 5.91 Å². The van der Waals surface area contributed by atoms with Gasteiger partial charge >= 0.3 is 0 Å². The lowest BCUT2D eigenvalue weighted by Crippen LogP contribution is -2.56. The number of fused-ring (bicyclic) bond motifs is 3.